The maximum absolute atomic E-state index is 12.2. The summed E-state index contributed by atoms with van der Waals surface area (Å²) in [4.78, 5) is 16.7. The van der Waals surface area contributed by atoms with Crippen LogP contribution in [0.25, 0.3) is 0 Å². The Hall–Kier alpha value is -1.53. The van der Waals surface area contributed by atoms with Gasteiger partial charge in [0.05, 0.1) is 23.0 Å². The zero-order valence-corrected chi connectivity index (χ0v) is 14.3. The van der Waals surface area contributed by atoms with Gasteiger partial charge in [-0.1, -0.05) is 13.8 Å². The van der Waals surface area contributed by atoms with Gasteiger partial charge in [0, 0.05) is 6.42 Å². The molecule has 1 aliphatic carbocycles. The third-order valence-electron chi connectivity index (χ3n) is 3.90. The predicted octanol–water partition coefficient (Wildman–Crippen LogP) is 3.20. The Bertz CT molecular complexity index is 404. The maximum atomic E-state index is 12.2. The lowest BCUT2D eigenvalue weighted by molar-refractivity contribution is -0.726. The summed E-state index contributed by atoms with van der Waals surface area (Å²) in [6.45, 7) is 10.7. The van der Waals surface area contributed by atoms with Crippen molar-refractivity contribution in [1.82, 2.24) is 5.01 Å². The maximum Gasteiger partial charge on any atom is 0.306 e. The van der Waals surface area contributed by atoms with E-state index in [2.05, 4.69) is 19.1 Å². The van der Waals surface area contributed by atoms with Crippen LogP contribution in [0.3, 0.4) is 0 Å². The van der Waals surface area contributed by atoms with Crippen LogP contribution in [0.1, 0.15) is 60.3 Å². The van der Waals surface area contributed by atoms with Gasteiger partial charge in [-0.15, -0.1) is 5.01 Å². The van der Waals surface area contributed by atoms with Crippen molar-refractivity contribution in [2.24, 2.45) is 17.1 Å². The van der Waals surface area contributed by atoms with Crippen molar-refractivity contribution in [3.63, 3.8) is 0 Å². The fraction of sp³-hybridized carbons (Fsp3) is 0.933. The molecule has 1 rings (SSSR count). The molecule has 0 spiro atoms. The molecule has 7 nitrogen and oxygen atoms in total. The van der Waals surface area contributed by atoms with E-state index in [-0.39, 0.29) is 17.6 Å². The number of hydrazine groups is 1. The standard InChI is InChI=1S/C15H29N3O4/c1-11(2)8-9-17(15(3,4)5)18(21)16-22-13-7-6-12(10-13)14(19)20/h11-13H,6-10H2,1-5H3,(H,19,20)/b18-16-/t12-,13-/m1/s1. The molecule has 0 heterocycles. The van der Waals surface area contributed by atoms with E-state index in [1.807, 2.05) is 20.8 Å². The van der Waals surface area contributed by atoms with Crippen molar-refractivity contribution < 1.29 is 19.7 Å². The highest BCUT2D eigenvalue weighted by molar-refractivity contribution is 5.70. The van der Waals surface area contributed by atoms with E-state index in [1.165, 1.54) is 0 Å². The zero-order chi connectivity index (χ0) is 16.9. The van der Waals surface area contributed by atoms with Crippen molar-refractivity contribution in [2.45, 2.75) is 71.9 Å². The third-order valence-corrected chi connectivity index (χ3v) is 3.90. The average molecular weight is 315 g/mol. The Labute approximate surface area is 132 Å². The number of carboxylic acids is 1. The molecule has 1 fully saturated rings. The van der Waals surface area contributed by atoms with Gasteiger partial charge in [0.25, 0.3) is 0 Å². The molecule has 0 aromatic heterocycles. The van der Waals surface area contributed by atoms with Crippen molar-refractivity contribution in [2.75, 3.05) is 6.54 Å². The Morgan fingerprint density at radius 2 is 2.09 bits per heavy atom. The highest BCUT2D eigenvalue weighted by Crippen LogP contribution is 2.28. The SMILES string of the molecule is CC(C)CCN(/[N+]([O-])=N/O[C@@H]1CC[C@@H](C(=O)O)C1)C(C)(C)C. The summed E-state index contributed by atoms with van der Waals surface area (Å²) in [6.07, 6.45) is 2.20. The second-order valence-corrected chi connectivity index (χ2v) is 7.39. The number of rotatable bonds is 7. The van der Waals surface area contributed by atoms with Crippen LogP contribution in [0.4, 0.5) is 0 Å². The lowest BCUT2D eigenvalue weighted by Crippen LogP contribution is -2.46. The molecule has 0 unspecified atom stereocenters. The van der Waals surface area contributed by atoms with E-state index in [1.54, 1.807) is 5.01 Å². The van der Waals surface area contributed by atoms with Crippen LogP contribution >= 0.6 is 0 Å². The monoisotopic (exact) mass is 315 g/mol. The van der Waals surface area contributed by atoms with E-state index in [0.717, 1.165) is 6.42 Å². The van der Waals surface area contributed by atoms with Crippen LogP contribution in [0.15, 0.2) is 5.28 Å². The van der Waals surface area contributed by atoms with Gasteiger partial charge < -0.3 is 15.2 Å². The number of hydrogen-bond acceptors (Lipinski definition) is 4. The highest BCUT2D eigenvalue weighted by Gasteiger charge is 2.33. The predicted molar refractivity (Wildman–Crippen MR) is 81.8 cm³/mol. The molecule has 0 radical (unpaired) electrons. The van der Waals surface area contributed by atoms with Gasteiger partial charge in [-0.05, 0) is 46.0 Å². The minimum Gasteiger partial charge on any atom is -0.569 e. The average Bonchev–Trinajstić information content (AvgIpc) is 2.83. The molecule has 0 aliphatic heterocycles. The first-order valence-corrected chi connectivity index (χ1v) is 7.95. The first-order valence-electron chi connectivity index (χ1n) is 7.95. The third kappa shape index (κ3) is 5.69. The van der Waals surface area contributed by atoms with Crippen LogP contribution in [0, 0.1) is 17.0 Å². The van der Waals surface area contributed by atoms with Gasteiger partial charge in [0.2, 0.25) is 5.28 Å². The minimum atomic E-state index is -0.807. The Kier molecular flexibility index (Phi) is 6.44. The molecule has 0 amide bonds. The molecule has 128 valence electrons. The minimum absolute atomic E-state index is 0.288. The largest absolute Gasteiger partial charge is 0.569 e. The second-order valence-electron chi connectivity index (χ2n) is 7.39. The van der Waals surface area contributed by atoms with Crippen LogP contribution in [0.2, 0.25) is 0 Å². The second kappa shape index (κ2) is 7.65. The molecule has 0 saturated heterocycles. The topological polar surface area (TPSA) is 88.2 Å². The molecule has 0 bridgehead atoms. The van der Waals surface area contributed by atoms with Gasteiger partial charge >= 0.3 is 5.97 Å². The molecule has 1 saturated carbocycles. The number of carboxylic acid groups (broad SMARTS) is 1. The molecular weight excluding hydrogens is 286 g/mol. The molecular formula is C15H29N3O4. The van der Waals surface area contributed by atoms with E-state index in [9.17, 15) is 10.0 Å². The number of nitrogens with zero attached hydrogens (tertiary/aromatic N) is 3. The lowest BCUT2D eigenvalue weighted by Gasteiger charge is -2.30. The summed E-state index contributed by atoms with van der Waals surface area (Å²) in [6, 6.07) is 0. The van der Waals surface area contributed by atoms with E-state index in [0.29, 0.717) is 36.7 Å². The van der Waals surface area contributed by atoms with Crippen molar-refractivity contribution in [1.29, 1.82) is 0 Å². The quantitative estimate of drug-likeness (QED) is 0.443. The summed E-state index contributed by atoms with van der Waals surface area (Å²) < 4.78 is 0. The molecule has 2 atom stereocenters. The summed E-state index contributed by atoms with van der Waals surface area (Å²) in [7, 11) is 0. The van der Waals surface area contributed by atoms with Crippen LogP contribution in [-0.2, 0) is 9.63 Å². The van der Waals surface area contributed by atoms with E-state index in [4.69, 9.17) is 9.94 Å². The fourth-order valence-electron chi connectivity index (χ4n) is 2.47. The first-order chi connectivity index (χ1) is 10.1. The Morgan fingerprint density at radius 1 is 1.45 bits per heavy atom. The molecule has 0 aromatic rings. The van der Waals surface area contributed by atoms with Gasteiger partial charge in [0.1, 0.15) is 6.10 Å². The van der Waals surface area contributed by atoms with Crippen LogP contribution < -0.4 is 0 Å². The smallest absolute Gasteiger partial charge is 0.306 e. The van der Waals surface area contributed by atoms with Crippen molar-refractivity contribution in [3.05, 3.63) is 5.21 Å². The van der Waals surface area contributed by atoms with Gasteiger partial charge in [-0.3, -0.25) is 4.79 Å². The molecule has 7 heteroatoms. The van der Waals surface area contributed by atoms with E-state index < -0.39 is 5.97 Å². The van der Waals surface area contributed by atoms with Gasteiger partial charge in [-0.2, -0.15) is 0 Å². The molecule has 0 aromatic carbocycles. The molecule has 22 heavy (non-hydrogen) atoms. The summed E-state index contributed by atoms with van der Waals surface area (Å²) in [5.41, 5.74) is -0.358. The number of hydrogen-bond donors (Lipinski definition) is 1. The van der Waals surface area contributed by atoms with Crippen molar-refractivity contribution in [3.8, 4) is 0 Å². The summed E-state index contributed by atoms with van der Waals surface area (Å²) >= 11 is 0. The Balaban J connectivity index is 2.61. The summed E-state index contributed by atoms with van der Waals surface area (Å²) in [5.74, 6) is -0.705. The highest BCUT2D eigenvalue weighted by atomic mass is 16.7. The van der Waals surface area contributed by atoms with Gasteiger partial charge in [0.15, 0.2) is 0 Å². The number of aliphatic carboxylic acids is 1. The van der Waals surface area contributed by atoms with Crippen LogP contribution in [-0.4, -0.2) is 39.2 Å². The van der Waals surface area contributed by atoms with Crippen LogP contribution in [0.5, 0.6) is 0 Å². The van der Waals surface area contributed by atoms with Crippen molar-refractivity contribution >= 4 is 5.97 Å². The fourth-order valence-corrected chi connectivity index (χ4v) is 2.47. The first kappa shape index (κ1) is 18.5. The lowest BCUT2D eigenvalue weighted by atomic mass is 10.1. The normalized spacial score (nSPS) is 22.9. The van der Waals surface area contributed by atoms with E-state index >= 15 is 0 Å². The van der Waals surface area contributed by atoms with Gasteiger partial charge in [-0.25, -0.2) is 0 Å². The molecule has 1 aliphatic rings. The zero-order valence-electron chi connectivity index (χ0n) is 14.3. The number of carbonyl (C=O) groups is 1. The molecule has 1 N–H and O–H groups in total. The Morgan fingerprint density at radius 3 is 2.55 bits per heavy atom. The summed E-state index contributed by atoms with van der Waals surface area (Å²) in [5, 5.41) is 26.4.